The van der Waals surface area contributed by atoms with Gasteiger partial charge in [0.1, 0.15) is 5.82 Å². The Labute approximate surface area is 119 Å². The van der Waals surface area contributed by atoms with Crippen LogP contribution in [0.2, 0.25) is 0 Å². The molecule has 108 valence electrons. The zero-order valence-electron chi connectivity index (χ0n) is 11.7. The van der Waals surface area contributed by atoms with E-state index >= 15 is 0 Å². The molecule has 0 radical (unpaired) electrons. The molecule has 1 atom stereocenters. The zero-order valence-corrected chi connectivity index (χ0v) is 11.7. The Morgan fingerprint density at radius 1 is 1.20 bits per heavy atom. The van der Waals surface area contributed by atoms with Gasteiger partial charge in [-0.3, -0.25) is 4.79 Å². The fraction of sp³-hybridized carbons (Fsp3) is 0.600. The van der Waals surface area contributed by atoms with Crippen LogP contribution in [0.15, 0.2) is 24.4 Å². The summed E-state index contributed by atoms with van der Waals surface area (Å²) >= 11 is 0. The Kier molecular flexibility index (Phi) is 3.61. The molecule has 0 saturated carbocycles. The lowest BCUT2D eigenvalue weighted by Gasteiger charge is -2.40. The normalized spacial score (nSPS) is 26.9. The first-order chi connectivity index (χ1) is 9.69. The van der Waals surface area contributed by atoms with Crippen LogP contribution in [0.3, 0.4) is 0 Å². The Hall–Kier alpha value is -1.62. The van der Waals surface area contributed by atoms with E-state index in [1.807, 2.05) is 28.0 Å². The number of anilines is 1. The van der Waals surface area contributed by atoms with E-state index in [4.69, 9.17) is 0 Å². The van der Waals surface area contributed by atoms with E-state index in [9.17, 15) is 9.90 Å². The van der Waals surface area contributed by atoms with Crippen LogP contribution >= 0.6 is 0 Å². The Morgan fingerprint density at radius 3 is 2.70 bits per heavy atom. The molecule has 1 amide bonds. The second-order valence-electron chi connectivity index (χ2n) is 5.74. The molecule has 3 rings (SSSR count). The minimum Gasteiger partial charge on any atom is -0.378 e. The van der Waals surface area contributed by atoms with Gasteiger partial charge in [0, 0.05) is 25.8 Å². The molecule has 2 fully saturated rings. The first-order valence-corrected chi connectivity index (χ1v) is 7.37. The number of aliphatic hydroxyl groups is 1. The molecule has 1 aromatic heterocycles. The third-order valence-corrected chi connectivity index (χ3v) is 4.24. The van der Waals surface area contributed by atoms with Crippen molar-refractivity contribution in [2.75, 3.05) is 31.1 Å². The first kappa shape index (κ1) is 13.4. The topological polar surface area (TPSA) is 56.7 Å². The fourth-order valence-corrected chi connectivity index (χ4v) is 3.16. The second-order valence-corrected chi connectivity index (χ2v) is 5.74. The lowest BCUT2D eigenvalue weighted by molar-refractivity contribution is -0.151. The number of carbonyl (C=O) groups is 1. The molecule has 0 aliphatic carbocycles. The molecule has 0 spiro atoms. The Bertz CT molecular complexity index is 473. The number of likely N-dealkylation sites (tertiary alicyclic amines) is 1. The summed E-state index contributed by atoms with van der Waals surface area (Å²) < 4.78 is 0. The highest BCUT2D eigenvalue weighted by Crippen LogP contribution is 2.27. The van der Waals surface area contributed by atoms with E-state index in [1.165, 1.54) is 0 Å². The number of carbonyl (C=O) groups excluding carboxylic acids is 1. The lowest BCUT2D eigenvalue weighted by Crippen LogP contribution is -2.57. The number of aromatic nitrogens is 1. The molecule has 2 aliphatic rings. The largest absolute Gasteiger partial charge is 0.378 e. The van der Waals surface area contributed by atoms with Crippen molar-refractivity contribution < 1.29 is 9.90 Å². The average Bonchev–Trinajstić information content (AvgIpc) is 3.01. The summed E-state index contributed by atoms with van der Waals surface area (Å²) in [7, 11) is 0. The molecule has 0 aromatic carbocycles. The number of rotatable bonds is 2. The van der Waals surface area contributed by atoms with Crippen molar-refractivity contribution in [2.24, 2.45) is 0 Å². The second kappa shape index (κ2) is 5.40. The molecule has 20 heavy (non-hydrogen) atoms. The van der Waals surface area contributed by atoms with Crippen LogP contribution in [-0.2, 0) is 4.79 Å². The highest BCUT2D eigenvalue weighted by molar-refractivity contribution is 5.86. The van der Waals surface area contributed by atoms with Crippen LogP contribution in [0.4, 0.5) is 5.82 Å². The zero-order chi connectivity index (χ0) is 14.0. The maximum Gasteiger partial charge on any atom is 0.256 e. The molecule has 0 bridgehead atoms. The van der Waals surface area contributed by atoms with E-state index in [0.29, 0.717) is 13.0 Å². The van der Waals surface area contributed by atoms with E-state index in [2.05, 4.69) is 4.98 Å². The third kappa shape index (κ3) is 2.50. The molecule has 5 nitrogen and oxygen atoms in total. The van der Waals surface area contributed by atoms with Crippen molar-refractivity contribution in [3.63, 3.8) is 0 Å². The maximum atomic E-state index is 12.5. The van der Waals surface area contributed by atoms with Crippen LogP contribution in [0.25, 0.3) is 0 Å². The van der Waals surface area contributed by atoms with Crippen LogP contribution in [0, 0.1) is 0 Å². The molecule has 3 heterocycles. The van der Waals surface area contributed by atoms with Gasteiger partial charge in [0.05, 0.1) is 6.54 Å². The van der Waals surface area contributed by atoms with E-state index < -0.39 is 5.60 Å². The van der Waals surface area contributed by atoms with E-state index in [1.54, 1.807) is 6.20 Å². The predicted molar refractivity (Wildman–Crippen MR) is 76.4 cm³/mol. The molecule has 2 saturated heterocycles. The quantitative estimate of drug-likeness (QED) is 0.876. The van der Waals surface area contributed by atoms with Gasteiger partial charge in [-0.2, -0.15) is 0 Å². The summed E-state index contributed by atoms with van der Waals surface area (Å²) in [5.41, 5.74) is -1.25. The Morgan fingerprint density at radius 2 is 2.00 bits per heavy atom. The van der Waals surface area contributed by atoms with Crippen molar-refractivity contribution in [3.05, 3.63) is 24.4 Å². The first-order valence-electron chi connectivity index (χ1n) is 7.37. The summed E-state index contributed by atoms with van der Waals surface area (Å²) in [6.07, 6.45) is 5.20. The van der Waals surface area contributed by atoms with E-state index in [0.717, 1.165) is 44.7 Å². The van der Waals surface area contributed by atoms with Gasteiger partial charge < -0.3 is 14.9 Å². The smallest absolute Gasteiger partial charge is 0.256 e. The van der Waals surface area contributed by atoms with Gasteiger partial charge in [-0.25, -0.2) is 4.98 Å². The number of hydrogen-bond donors (Lipinski definition) is 1. The number of amides is 1. The molecular formula is C15H21N3O2. The van der Waals surface area contributed by atoms with Crippen molar-refractivity contribution >= 4 is 11.7 Å². The summed E-state index contributed by atoms with van der Waals surface area (Å²) in [4.78, 5) is 20.7. The van der Waals surface area contributed by atoms with Crippen LogP contribution < -0.4 is 4.90 Å². The summed E-state index contributed by atoms with van der Waals surface area (Å²) in [5, 5.41) is 10.8. The van der Waals surface area contributed by atoms with Gasteiger partial charge in [-0.05, 0) is 37.8 Å². The number of nitrogens with zero attached hydrogens (tertiary/aromatic N) is 3. The maximum absolute atomic E-state index is 12.5. The minimum atomic E-state index is -1.25. The van der Waals surface area contributed by atoms with Gasteiger partial charge in [-0.1, -0.05) is 6.07 Å². The number of β-amino-alcohol motifs (C(OH)–C–C–N with tert-alkyl or cyclic N) is 1. The molecule has 5 heteroatoms. The molecule has 1 aromatic rings. The van der Waals surface area contributed by atoms with Gasteiger partial charge in [-0.15, -0.1) is 0 Å². The predicted octanol–water partition coefficient (Wildman–Crippen LogP) is 1.04. The van der Waals surface area contributed by atoms with Crippen molar-refractivity contribution in [1.29, 1.82) is 0 Å². The van der Waals surface area contributed by atoms with Gasteiger partial charge >= 0.3 is 0 Å². The molecular weight excluding hydrogens is 254 g/mol. The van der Waals surface area contributed by atoms with E-state index in [-0.39, 0.29) is 5.91 Å². The lowest BCUT2D eigenvalue weighted by atomic mass is 9.91. The number of pyridine rings is 1. The van der Waals surface area contributed by atoms with Crippen molar-refractivity contribution in [3.8, 4) is 0 Å². The monoisotopic (exact) mass is 275 g/mol. The summed E-state index contributed by atoms with van der Waals surface area (Å²) in [5.74, 6) is 0.732. The average molecular weight is 275 g/mol. The van der Waals surface area contributed by atoms with Gasteiger partial charge in [0.25, 0.3) is 5.91 Å². The van der Waals surface area contributed by atoms with Crippen LogP contribution in [0.1, 0.15) is 25.7 Å². The number of hydrogen-bond acceptors (Lipinski definition) is 4. The van der Waals surface area contributed by atoms with Crippen LogP contribution in [-0.4, -0.2) is 52.7 Å². The van der Waals surface area contributed by atoms with Crippen molar-refractivity contribution in [1.82, 2.24) is 9.88 Å². The standard InChI is InChI=1S/C15H21N3O2/c19-14(17-9-3-4-10-17)15(20)7-5-11-18(12-15)13-6-1-2-8-16-13/h1-2,6,8,20H,3-5,7,9-12H2/t15-/m0/s1. The minimum absolute atomic E-state index is 0.101. The Balaban J connectivity index is 1.75. The number of piperidine rings is 1. The highest BCUT2D eigenvalue weighted by atomic mass is 16.3. The highest BCUT2D eigenvalue weighted by Gasteiger charge is 2.43. The third-order valence-electron chi connectivity index (χ3n) is 4.24. The van der Waals surface area contributed by atoms with Gasteiger partial charge in [0.15, 0.2) is 5.60 Å². The molecule has 1 N–H and O–H groups in total. The SMILES string of the molecule is O=C(N1CCCC1)[C@]1(O)CCCN(c2ccccn2)C1. The summed E-state index contributed by atoms with van der Waals surface area (Å²) in [6, 6.07) is 5.72. The van der Waals surface area contributed by atoms with Gasteiger partial charge in [0.2, 0.25) is 0 Å². The van der Waals surface area contributed by atoms with Crippen molar-refractivity contribution in [2.45, 2.75) is 31.3 Å². The summed E-state index contributed by atoms with van der Waals surface area (Å²) in [6.45, 7) is 2.75. The molecule has 2 aliphatic heterocycles. The fourth-order valence-electron chi connectivity index (χ4n) is 3.16. The molecule has 0 unspecified atom stereocenters. The van der Waals surface area contributed by atoms with Crippen LogP contribution in [0.5, 0.6) is 0 Å².